The van der Waals surface area contributed by atoms with E-state index in [1.165, 1.54) is 11.8 Å². The van der Waals surface area contributed by atoms with Crippen LogP contribution in [0.15, 0.2) is 11.4 Å². The van der Waals surface area contributed by atoms with Crippen molar-refractivity contribution in [1.29, 1.82) is 0 Å². The number of carbonyl (C=O) groups is 1. The highest BCUT2D eigenvalue weighted by Gasteiger charge is 2.09. The third kappa shape index (κ3) is 3.95. The molecule has 1 aromatic heterocycles. The molecule has 0 aliphatic carbocycles. The summed E-state index contributed by atoms with van der Waals surface area (Å²) in [5.74, 6) is -0.214. The largest absolute Gasteiger partial charge is 0.481 e. The molecule has 0 radical (unpaired) electrons. The molecule has 1 N–H and O–H groups in total. The topological polar surface area (TPSA) is 55.1 Å². The minimum atomic E-state index is -0.809. The maximum Gasteiger partial charge on any atom is 0.313 e. The monoisotopic (exact) mass is 228 g/mol. The van der Waals surface area contributed by atoms with Gasteiger partial charge in [0, 0.05) is 12.7 Å². The summed E-state index contributed by atoms with van der Waals surface area (Å²) < 4.78 is 2.02. The van der Waals surface area contributed by atoms with Crippen molar-refractivity contribution in [2.24, 2.45) is 5.92 Å². The average molecular weight is 228 g/mol. The normalized spacial score (nSPS) is 10.9. The summed E-state index contributed by atoms with van der Waals surface area (Å²) in [6, 6.07) is 0. The number of nitrogens with zero attached hydrogens (tertiary/aromatic N) is 2. The van der Waals surface area contributed by atoms with E-state index in [1.807, 2.05) is 17.7 Å². The van der Waals surface area contributed by atoms with Crippen LogP contribution in [0.1, 0.15) is 19.5 Å². The van der Waals surface area contributed by atoms with E-state index >= 15 is 0 Å². The fourth-order valence-electron chi connectivity index (χ4n) is 1.29. The Bertz CT molecular complexity index is 347. The lowest BCUT2D eigenvalue weighted by molar-refractivity contribution is -0.133. The molecule has 0 saturated heterocycles. The maximum atomic E-state index is 10.5. The Hall–Kier alpha value is -0.970. The lowest BCUT2D eigenvalue weighted by Crippen LogP contribution is -2.06. The first-order valence-electron chi connectivity index (χ1n) is 4.87. The number of aliphatic carboxylic acids is 1. The van der Waals surface area contributed by atoms with E-state index < -0.39 is 5.97 Å². The number of carboxylic acid groups (broad SMARTS) is 1. The summed E-state index contributed by atoms with van der Waals surface area (Å²) in [7, 11) is 0. The second-order valence-electron chi connectivity index (χ2n) is 3.89. The lowest BCUT2D eigenvalue weighted by atomic mass is 10.2. The first kappa shape index (κ1) is 12.1. The molecule has 1 heterocycles. The molecule has 1 aromatic rings. The number of hydrogen-bond donors (Lipinski definition) is 1. The lowest BCUT2D eigenvalue weighted by Gasteiger charge is -2.08. The predicted molar refractivity (Wildman–Crippen MR) is 60.2 cm³/mol. The summed E-state index contributed by atoms with van der Waals surface area (Å²) >= 11 is 1.27. The zero-order chi connectivity index (χ0) is 11.4. The minimum Gasteiger partial charge on any atom is -0.481 e. The van der Waals surface area contributed by atoms with Gasteiger partial charge in [-0.3, -0.25) is 4.79 Å². The van der Waals surface area contributed by atoms with E-state index in [1.54, 1.807) is 0 Å². The molecule has 0 unspecified atom stereocenters. The fraction of sp³-hybridized carbons (Fsp3) is 0.600. The van der Waals surface area contributed by atoms with Crippen LogP contribution in [-0.2, 0) is 11.3 Å². The summed E-state index contributed by atoms with van der Waals surface area (Å²) in [6.45, 7) is 7.05. The van der Waals surface area contributed by atoms with Crippen molar-refractivity contribution >= 4 is 17.7 Å². The smallest absolute Gasteiger partial charge is 0.313 e. The number of carboxylic acids is 1. The van der Waals surface area contributed by atoms with Crippen molar-refractivity contribution < 1.29 is 9.90 Å². The van der Waals surface area contributed by atoms with Crippen LogP contribution in [0.25, 0.3) is 0 Å². The van der Waals surface area contributed by atoms with E-state index in [4.69, 9.17) is 5.11 Å². The molecule has 15 heavy (non-hydrogen) atoms. The average Bonchev–Trinajstić information content (AvgIpc) is 2.41. The van der Waals surface area contributed by atoms with Gasteiger partial charge in [0.15, 0.2) is 5.16 Å². The molecule has 0 saturated carbocycles. The van der Waals surface area contributed by atoms with Gasteiger partial charge in [0.1, 0.15) is 0 Å². The van der Waals surface area contributed by atoms with Crippen molar-refractivity contribution in [2.45, 2.75) is 32.5 Å². The van der Waals surface area contributed by atoms with Gasteiger partial charge in [-0.1, -0.05) is 25.6 Å². The summed E-state index contributed by atoms with van der Waals surface area (Å²) in [4.78, 5) is 14.8. The van der Waals surface area contributed by atoms with Gasteiger partial charge in [-0.25, -0.2) is 4.98 Å². The number of aromatic nitrogens is 2. The highest BCUT2D eigenvalue weighted by Crippen LogP contribution is 2.18. The van der Waals surface area contributed by atoms with Crippen molar-refractivity contribution in [3.8, 4) is 0 Å². The van der Waals surface area contributed by atoms with Crippen LogP contribution in [0.4, 0.5) is 0 Å². The number of rotatable bonds is 5. The molecule has 84 valence electrons. The molecule has 0 atom stereocenters. The molecule has 1 rings (SSSR count). The summed E-state index contributed by atoms with van der Waals surface area (Å²) in [5.41, 5.74) is 0.934. The van der Waals surface area contributed by atoms with Crippen molar-refractivity contribution in [1.82, 2.24) is 9.55 Å². The van der Waals surface area contributed by atoms with Crippen molar-refractivity contribution in [3.63, 3.8) is 0 Å². The van der Waals surface area contributed by atoms with E-state index in [0.717, 1.165) is 17.4 Å². The molecule has 4 nitrogen and oxygen atoms in total. The standard InChI is InChI=1S/C10H16N2O2S/c1-7(2)4-12-5-8(3)11-10(12)15-6-9(13)14/h5,7H,4,6H2,1-3H3,(H,13,14). The van der Waals surface area contributed by atoms with Crippen LogP contribution in [-0.4, -0.2) is 26.4 Å². The van der Waals surface area contributed by atoms with Crippen LogP contribution in [0, 0.1) is 12.8 Å². The van der Waals surface area contributed by atoms with Gasteiger partial charge in [0.2, 0.25) is 0 Å². The van der Waals surface area contributed by atoms with Crippen LogP contribution in [0.3, 0.4) is 0 Å². The Morgan fingerprint density at radius 2 is 2.33 bits per heavy atom. The Balaban J connectivity index is 2.72. The predicted octanol–water partition coefficient (Wildman–Crippen LogP) is 2.02. The Morgan fingerprint density at radius 1 is 1.67 bits per heavy atom. The molecule has 0 fully saturated rings. The molecule has 0 aliphatic heterocycles. The van der Waals surface area contributed by atoms with E-state index in [0.29, 0.717) is 5.92 Å². The number of hydrogen-bond acceptors (Lipinski definition) is 3. The Kier molecular flexibility index (Phi) is 4.20. The first-order chi connectivity index (χ1) is 6.99. The summed E-state index contributed by atoms with van der Waals surface area (Å²) in [5, 5.41) is 9.39. The quantitative estimate of drug-likeness (QED) is 0.783. The van der Waals surface area contributed by atoms with Gasteiger partial charge in [0.25, 0.3) is 0 Å². The van der Waals surface area contributed by atoms with Crippen LogP contribution < -0.4 is 0 Å². The molecule has 5 heteroatoms. The van der Waals surface area contributed by atoms with Crippen LogP contribution in [0.5, 0.6) is 0 Å². The fourth-order valence-corrected chi connectivity index (χ4v) is 2.04. The maximum absolute atomic E-state index is 10.5. The first-order valence-corrected chi connectivity index (χ1v) is 5.86. The second-order valence-corrected chi connectivity index (χ2v) is 4.84. The highest BCUT2D eigenvalue weighted by atomic mass is 32.2. The molecule has 0 aliphatic rings. The molecule has 0 amide bonds. The van der Waals surface area contributed by atoms with E-state index in [9.17, 15) is 4.79 Å². The van der Waals surface area contributed by atoms with Gasteiger partial charge < -0.3 is 9.67 Å². The van der Waals surface area contributed by atoms with Crippen molar-refractivity contribution in [3.05, 3.63) is 11.9 Å². The molecule has 0 aromatic carbocycles. The highest BCUT2D eigenvalue weighted by molar-refractivity contribution is 7.99. The molecule has 0 bridgehead atoms. The van der Waals surface area contributed by atoms with E-state index in [2.05, 4.69) is 18.8 Å². The third-order valence-corrected chi connectivity index (χ3v) is 2.72. The summed E-state index contributed by atoms with van der Waals surface area (Å²) in [6.07, 6.45) is 1.96. The molecular weight excluding hydrogens is 212 g/mol. The molecule has 0 spiro atoms. The van der Waals surface area contributed by atoms with Crippen LogP contribution in [0.2, 0.25) is 0 Å². The number of aryl methyl sites for hydroxylation is 1. The zero-order valence-electron chi connectivity index (χ0n) is 9.23. The van der Waals surface area contributed by atoms with Crippen LogP contribution >= 0.6 is 11.8 Å². The van der Waals surface area contributed by atoms with Gasteiger partial charge in [-0.2, -0.15) is 0 Å². The van der Waals surface area contributed by atoms with Gasteiger partial charge in [-0.15, -0.1) is 0 Å². The van der Waals surface area contributed by atoms with Gasteiger partial charge in [-0.05, 0) is 12.8 Å². The number of thioether (sulfide) groups is 1. The number of imidazole rings is 1. The second kappa shape index (κ2) is 5.21. The zero-order valence-corrected chi connectivity index (χ0v) is 10.0. The Labute approximate surface area is 93.7 Å². The van der Waals surface area contributed by atoms with Crippen molar-refractivity contribution in [2.75, 3.05) is 5.75 Å². The molecular formula is C10H16N2O2S. The third-order valence-electron chi connectivity index (χ3n) is 1.75. The Morgan fingerprint density at radius 3 is 2.87 bits per heavy atom. The SMILES string of the molecule is Cc1cn(CC(C)C)c(SCC(=O)O)n1. The van der Waals surface area contributed by atoms with E-state index in [-0.39, 0.29) is 5.75 Å². The minimum absolute atomic E-state index is 0.0640. The van der Waals surface area contributed by atoms with Gasteiger partial charge >= 0.3 is 5.97 Å². The van der Waals surface area contributed by atoms with Gasteiger partial charge in [0.05, 0.1) is 11.4 Å².